The van der Waals surface area contributed by atoms with Gasteiger partial charge in [-0.2, -0.15) is 0 Å². The quantitative estimate of drug-likeness (QED) is 0.888. The van der Waals surface area contributed by atoms with Crippen molar-refractivity contribution in [2.75, 3.05) is 0 Å². The Hall–Kier alpha value is -0.650. The van der Waals surface area contributed by atoms with E-state index in [2.05, 4.69) is 31.9 Å². The molecule has 0 fully saturated rings. The van der Waals surface area contributed by atoms with Crippen LogP contribution in [-0.4, -0.2) is 5.11 Å². The van der Waals surface area contributed by atoms with E-state index in [9.17, 15) is 9.50 Å². The summed E-state index contributed by atoms with van der Waals surface area (Å²) in [6, 6.07) is 7.98. The molecule has 2 nitrogen and oxygen atoms in total. The smallest absolute Gasteiger partial charge is 0.169 e. The summed E-state index contributed by atoms with van der Waals surface area (Å²) in [6.07, 6.45) is -1.11. The van der Waals surface area contributed by atoms with Gasteiger partial charge in [0.15, 0.2) is 4.67 Å². The van der Waals surface area contributed by atoms with Crippen LogP contribution in [0.25, 0.3) is 0 Å². The van der Waals surface area contributed by atoms with E-state index in [-0.39, 0.29) is 5.56 Å². The van der Waals surface area contributed by atoms with Crippen LogP contribution in [0.3, 0.4) is 0 Å². The molecule has 0 amide bonds. The van der Waals surface area contributed by atoms with Gasteiger partial charge in [0.25, 0.3) is 0 Å². The average molecular weight is 350 g/mol. The first-order valence-electron chi connectivity index (χ1n) is 4.47. The number of rotatable bonds is 2. The summed E-state index contributed by atoms with van der Waals surface area (Å²) in [5.74, 6) is -0.189. The zero-order valence-corrected chi connectivity index (χ0v) is 11.1. The SMILES string of the molecule is OC(c1ccc(Br)o1)c1cccc(Br)c1F. The lowest BCUT2D eigenvalue weighted by Crippen LogP contribution is -2.01. The highest BCUT2D eigenvalue weighted by atomic mass is 79.9. The topological polar surface area (TPSA) is 33.4 Å². The Kier molecular flexibility index (Phi) is 3.47. The summed E-state index contributed by atoms with van der Waals surface area (Å²) >= 11 is 6.19. The summed E-state index contributed by atoms with van der Waals surface area (Å²) in [5, 5.41) is 9.94. The Morgan fingerprint density at radius 3 is 2.56 bits per heavy atom. The van der Waals surface area contributed by atoms with Gasteiger partial charge in [-0.05, 0) is 50.1 Å². The summed E-state index contributed by atoms with van der Waals surface area (Å²) in [5.41, 5.74) is 0.177. The number of aliphatic hydroxyl groups excluding tert-OH is 1. The summed E-state index contributed by atoms with van der Waals surface area (Å²) in [6.45, 7) is 0. The molecule has 0 spiro atoms. The second-order valence-corrected chi connectivity index (χ2v) is 4.82. The minimum absolute atomic E-state index is 0.177. The Morgan fingerprint density at radius 1 is 1.19 bits per heavy atom. The number of hydrogen-bond acceptors (Lipinski definition) is 2. The van der Waals surface area contributed by atoms with Crippen molar-refractivity contribution >= 4 is 31.9 Å². The molecule has 1 atom stereocenters. The van der Waals surface area contributed by atoms with Crippen LogP contribution < -0.4 is 0 Å². The van der Waals surface area contributed by atoms with Crippen LogP contribution in [0.2, 0.25) is 0 Å². The summed E-state index contributed by atoms with van der Waals surface area (Å²) in [4.78, 5) is 0. The zero-order valence-electron chi connectivity index (χ0n) is 7.95. The Bertz CT molecular complexity index is 510. The second kappa shape index (κ2) is 4.69. The summed E-state index contributed by atoms with van der Waals surface area (Å²) in [7, 11) is 0. The van der Waals surface area contributed by atoms with Crippen molar-refractivity contribution in [2.45, 2.75) is 6.10 Å². The molecular formula is C11H7Br2FO2. The van der Waals surface area contributed by atoms with E-state index in [0.717, 1.165) is 0 Å². The molecule has 0 saturated carbocycles. The molecule has 1 heterocycles. The van der Waals surface area contributed by atoms with Crippen molar-refractivity contribution in [2.24, 2.45) is 0 Å². The molecule has 84 valence electrons. The number of hydrogen-bond donors (Lipinski definition) is 1. The molecule has 1 aromatic heterocycles. The lowest BCUT2D eigenvalue weighted by Gasteiger charge is -2.09. The standard InChI is InChI=1S/C11H7Br2FO2/c12-7-3-1-2-6(10(7)14)11(15)8-4-5-9(13)16-8/h1-5,11,15H. The van der Waals surface area contributed by atoms with Crippen molar-refractivity contribution in [3.05, 3.63) is 56.6 Å². The minimum atomic E-state index is -1.11. The number of furan rings is 1. The van der Waals surface area contributed by atoms with E-state index in [1.807, 2.05) is 0 Å². The molecule has 5 heteroatoms. The fourth-order valence-electron chi connectivity index (χ4n) is 1.36. The Balaban J connectivity index is 2.41. The normalized spacial score (nSPS) is 12.8. The van der Waals surface area contributed by atoms with Crippen molar-refractivity contribution in [3.63, 3.8) is 0 Å². The van der Waals surface area contributed by atoms with E-state index in [4.69, 9.17) is 4.42 Å². The second-order valence-electron chi connectivity index (χ2n) is 3.19. The first-order valence-corrected chi connectivity index (χ1v) is 6.05. The maximum atomic E-state index is 13.7. The molecule has 1 unspecified atom stereocenters. The molecule has 0 bridgehead atoms. The van der Waals surface area contributed by atoms with Gasteiger partial charge in [0.1, 0.15) is 17.7 Å². The van der Waals surface area contributed by atoms with Gasteiger partial charge in [0, 0.05) is 5.56 Å². The third kappa shape index (κ3) is 2.21. The monoisotopic (exact) mass is 348 g/mol. The Labute approximate surface area is 108 Å². The third-order valence-corrected chi connectivity index (χ3v) is 3.18. The van der Waals surface area contributed by atoms with Crippen LogP contribution in [0.1, 0.15) is 17.4 Å². The zero-order chi connectivity index (χ0) is 11.7. The van der Waals surface area contributed by atoms with Gasteiger partial charge < -0.3 is 9.52 Å². The lowest BCUT2D eigenvalue weighted by molar-refractivity contribution is 0.183. The van der Waals surface area contributed by atoms with Gasteiger partial charge in [-0.3, -0.25) is 0 Å². The molecule has 1 N–H and O–H groups in total. The highest BCUT2D eigenvalue weighted by Crippen LogP contribution is 2.30. The molecular weight excluding hydrogens is 343 g/mol. The molecule has 0 saturated heterocycles. The minimum Gasteiger partial charge on any atom is -0.451 e. The van der Waals surface area contributed by atoms with Crippen LogP contribution in [0, 0.1) is 5.82 Å². The fraction of sp³-hybridized carbons (Fsp3) is 0.0909. The molecule has 16 heavy (non-hydrogen) atoms. The predicted molar refractivity (Wildman–Crippen MR) is 64.6 cm³/mol. The first-order chi connectivity index (χ1) is 7.59. The molecule has 0 aliphatic carbocycles. The molecule has 1 aromatic carbocycles. The summed E-state index contributed by atoms with van der Waals surface area (Å²) < 4.78 is 19.7. The molecule has 2 rings (SSSR count). The highest BCUT2D eigenvalue weighted by molar-refractivity contribution is 9.10. The van der Waals surface area contributed by atoms with E-state index in [1.165, 1.54) is 6.07 Å². The van der Waals surface area contributed by atoms with Gasteiger partial charge >= 0.3 is 0 Å². The molecule has 2 aromatic rings. The number of benzene rings is 1. The van der Waals surface area contributed by atoms with E-state index in [1.54, 1.807) is 24.3 Å². The van der Waals surface area contributed by atoms with Crippen LogP contribution in [0.15, 0.2) is 43.9 Å². The predicted octanol–water partition coefficient (Wildman–Crippen LogP) is 4.03. The van der Waals surface area contributed by atoms with Gasteiger partial charge in [0.2, 0.25) is 0 Å². The van der Waals surface area contributed by atoms with Gasteiger partial charge in [-0.15, -0.1) is 0 Å². The lowest BCUT2D eigenvalue weighted by atomic mass is 10.1. The van der Waals surface area contributed by atoms with Crippen LogP contribution in [0.5, 0.6) is 0 Å². The van der Waals surface area contributed by atoms with Crippen molar-refractivity contribution < 1.29 is 13.9 Å². The van der Waals surface area contributed by atoms with Gasteiger partial charge in [-0.25, -0.2) is 4.39 Å². The van der Waals surface area contributed by atoms with Crippen LogP contribution >= 0.6 is 31.9 Å². The van der Waals surface area contributed by atoms with Crippen molar-refractivity contribution in [1.82, 2.24) is 0 Å². The van der Waals surface area contributed by atoms with E-state index in [0.29, 0.717) is 14.9 Å². The number of halogens is 3. The fourth-order valence-corrected chi connectivity index (χ4v) is 2.06. The highest BCUT2D eigenvalue weighted by Gasteiger charge is 2.19. The van der Waals surface area contributed by atoms with Crippen molar-refractivity contribution in [1.29, 1.82) is 0 Å². The molecule has 0 aliphatic rings. The molecule has 0 radical (unpaired) electrons. The van der Waals surface area contributed by atoms with Crippen molar-refractivity contribution in [3.8, 4) is 0 Å². The van der Waals surface area contributed by atoms with E-state index < -0.39 is 11.9 Å². The van der Waals surface area contributed by atoms with Gasteiger partial charge in [-0.1, -0.05) is 12.1 Å². The largest absolute Gasteiger partial charge is 0.451 e. The van der Waals surface area contributed by atoms with Crippen LogP contribution in [-0.2, 0) is 0 Å². The number of aliphatic hydroxyl groups is 1. The third-order valence-electron chi connectivity index (χ3n) is 2.14. The van der Waals surface area contributed by atoms with Gasteiger partial charge in [0.05, 0.1) is 4.47 Å². The maximum absolute atomic E-state index is 13.7. The molecule has 0 aliphatic heterocycles. The first kappa shape index (κ1) is 11.8. The maximum Gasteiger partial charge on any atom is 0.169 e. The Morgan fingerprint density at radius 2 is 1.94 bits per heavy atom. The van der Waals surface area contributed by atoms with E-state index >= 15 is 0 Å². The van der Waals surface area contributed by atoms with Crippen LogP contribution in [0.4, 0.5) is 4.39 Å². The average Bonchev–Trinajstić information content (AvgIpc) is 2.68.